The Balaban J connectivity index is 1.04. The van der Waals surface area contributed by atoms with Crippen LogP contribution in [0.2, 0.25) is 0 Å². The lowest BCUT2D eigenvalue weighted by molar-refractivity contribution is -0.126. The third kappa shape index (κ3) is 5.91. The van der Waals surface area contributed by atoms with E-state index < -0.39 is 17.4 Å². The van der Waals surface area contributed by atoms with Crippen molar-refractivity contribution in [2.75, 3.05) is 13.1 Å². The number of amides is 2. The first-order valence-corrected chi connectivity index (χ1v) is 14.5. The van der Waals surface area contributed by atoms with Crippen LogP contribution >= 0.6 is 11.3 Å². The quantitative estimate of drug-likeness (QED) is 0.267. The Morgan fingerprint density at radius 1 is 0.977 bits per heavy atom. The molecule has 0 bridgehead atoms. The Labute approximate surface area is 249 Å². The van der Waals surface area contributed by atoms with E-state index in [0.717, 1.165) is 33.0 Å². The van der Waals surface area contributed by atoms with Crippen LogP contribution < -0.4 is 5.32 Å². The number of nitrogens with one attached hydrogen (secondary N) is 1. The molecule has 9 nitrogen and oxygen atoms in total. The molecule has 1 N–H and O–H groups in total. The van der Waals surface area contributed by atoms with Gasteiger partial charge in [-0.25, -0.2) is 18.4 Å². The van der Waals surface area contributed by atoms with Crippen LogP contribution in [0.4, 0.5) is 8.78 Å². The fourth-order valence-corrected chi connectivity index (χ4v) is 6.03. The lowest BCUT2D eigenvalue weighted by atomic mass is 9.93. The third-order valence-electron chi connectivity index (χ3n) is 7.46. The zero-order valence-corrected chi connectivity index (χ0v) is 23.9. The number of carbonyl (C=O) groups is 3. The maximum Gasteiger partial charge on any atom is 0.254 e. The second kappa shape index (κ2) is 11.8. The summed E-state index contributed by atoms with van der Waals surface area (Å²) in [6.45, 7) is 2.85. The highest BCUT2D eigenvalue weighted by atomic mass is 32.1. The van der Waals surface area contributed by atoms with E-state index in [1.54, 1.807) is 39.2 Å². The zero-order valence-electron chi connectivity index (χ0n) is 23.1. The molecule has 3 aromatic carbocycles. The predicted octanol–water partition coefficient (Wildman–Crippen LogP) is 4.86. The van der Waals surface area contributed by atoms with Crippen LogP contribution in [0.1, 0.15) is 49.8 Å². The van der Waals surface area contributed by atoms with Gasteiger partial charge in [0.25, 0.3) is 5.91 Å². The first kappa shape index (κ1) is 28.3. The van der Waals surface area contributed by atoms with Gasteiger partial charge in [-0.2, -0.15) is 0 Å². The third-order valence-corrected chi connectivity index (χ3v) is 8.40. The van der Waals surface area contributed by atoms with E-state index in [9.17, 15) is 23.2 Å². The maximum atomic E-state index is 13.7. The van der Waals surface area contributed by atoms with Gasteiger partial charge in [0.1, 0.15) is 5.69 Å². The fourth-order valence-electron chi connectivity index (χ4n) is 5.17. The topological polar surface area (TPSA) is 110 Å². The number of likely N-dealkylation sites (tertiary alicyclic amines) is 1. The first-order valence-electron chi connectivity index (χ1n) is 13.7. The molecule has 0 saturated carbocycles. The van der Waals surface area contributed by atoms with Crippen molar-refractivity contribution in [3.8, 4) is 5.69 Å². The molecule has 3 heterocycles. The summed E-state index contributed by atoms with van der Waals surface area (Å²) in [6.07, 6.45) is 2.69. The van der Waals surface area contributed by atoms with Gasteiger partial charge >= 0.3 is 0 Å². The normalized spacial score (nSPS) is 13.8. The van der Waals surface area contributed by atoms with Crippen molar-refractivity contribution < 1.29 is 23.2 Å². The van der Waals surface area contributed by atoms with Gasteiger partial charge in [-0.3, -0.25) is 14.4 Å². The zero-order chi connectivity index (χ0) is 30.1. The van der Waals surface area contributed by atoms with E-state index in [1.807, 2.05) is 25.1 Å². The number of fused-ring (bicyclic) bond motifs is 1. The van der Waals surface area contributed by atoms with Crippen LogP contribution in [0.25, 0.3) is 15.9 Å². The number of aryl methyl sites for hydroxylation is 1. The number of nitrogens with zero attached hydrogens (tertiary/aromatic N) is 5. The van der Waals surface area contributed by atoms with Crippen LogP contribution in [0, 0.1) is 24.5 Å². The Kier molecular flexibility index (Phi) is 7.76. The van der Waals surface area contributed by atoms with E-state index in [-0.39, 0.29) is 41.0 Å². The maximum absolute atomic E-state index is 13.7. The predicted molar refractivity (Wildman–Crippen MR) is 156 cm³/mol. The SMILES string of the molecule is Cc1nc2ccc(-n3cc(CNC(=O)C4CCN(C(=O)c5ccccc5C(=O)c5ccc(F)c(F)c5)CC4)nn3)cc2s1. The van der Waals surface area contributed by atoms with Crippen molar-refractivity contribution in [2.24, 2.45) is 5.92 Å². The summed E-state index contributed by atoms with van der Waals surface area (Å²) < 4.78 is 29.8. The number of hydrogen-bond donors (Lipinski definition) is 1. The van der Waals surface area contributed by atoms with Gasteiger partial charge in [-0.15, -0.1) is 16.4 Å². The first-order chi connectivity index (χ1) is 20.8. The molecule has 0 radical (unpaired) electrons. The van der Waals surface area contributed by atoms with Gasteiger partial charge in [0, 0.05) is 30.1 Å². The number of halogens is 2. The lowest BCUT2D eigenvalue weighted by Gasteiger charge is -2.31. The van der Waals surface area contributed by atoms with Gasteiger partial charge in [-0.05, 0) is 62.2 Å². The van der Waals surface area contributed by atoms with Gasteiger partial charge in [0.05, 0.1) is 39.2 Å². The standard InChI is InChI=1S/C31H26F2N6O3S/c1-18-35-27-9-7-22(15-28(27)43-18)39-17-21(36-37-39)16-34-30(41)19-10-12-38(13-11-19)31(42)24-5-3-2-4-23(24)29(40)20-6-8-25(32)26(33)14-20/h2-9,14-15,17,19H,10-13,16H2,1H3,(H,34,41). The molecule has 0 spiro atoms. The number of hydrogen-bond acceptors (Lipinski definition) is 7. The van der Waals surface area contributed by atoms with Gasteiger partial charge in [0.2, 0.25) is 5.91 Å². The molecule has 5 aromatic rings. The van der Waals surface area contributed by atoms with E-state index >= 15 is 0 Å². The summed E-state index contributed by atoms with van der Waals surface area (Å²) in [4.78, 5) is 45.4. The highest BCUT2D eigenvalue weighted by molar-refractivity contribution is 7.18. The van der Waals surface area contributed by atoms with Crippen LogP contribution in [0.3, 0.4) is 0 Å². The highest BCUT2D eigenvalue weighted by Crippen LogP contribution is 2.25. The summed E-state index contributed by atoms with van der Waals surface area (Å²) in [5.74, 6) is -3.53. The second-order valence-corrected chi connectivity index (χ2v) is 11.6. The monoisotopic (exact) mass is 600 g/mol. The smallest absolute Gasteiger partial charge is 0.254 e. The van der Waals surface area contributed by atoms with Crippen molar-refractivity contribution in [3.05, 3.63) is 106 Å². The average Bonchev–Trinajstić information content (AvgIpc) is 3.66. The summed E-state index contributed by atoms with van der Waals surface area (Å²) in [7, 11) is 0. The molecule has 0 unspecified atom stereocenters. The van der Waals surface area contributed by atoms with Gasteiger partial charge in [-0.1, -0.05) is 23.4 Å². The Bertz CT molecular complexity index is 1860. The number of rotatable bonds is 7. The van der Waals surface area contributed by atoms with Crippen molar-refractivity contribution in [2.45, 2.75) is 26.3 Å². The molecule has 12 heteroatoms. The minimum absolute atomic E-state index is 0.0504. The molecule has 6 rings (SSSR count). The minimum Gasteiger partial charge on any atom is -0.350 e. The molecule has 2 aromatic heterocycles. The summed E-state index contributed by atoms with van der Waals surface area (Å²) in [6, 6.07) is 15.0. The number of aromatic nitrogens is 4. The highest BCUT2D eigenvalue weighted by Gasteiger charge is 2.30. The van der Waals surface area contributed by atoms with E-state index in [1.165, 1.54) is 18.2 Å². The Hall–Kier alpha value is -4.84. The van der Waals surface area contributed by atoms with Crippen molar-refractivity contribution >= 4 is 39.2 Å². The molecule has 1 aliphatic heterocycles. The number of thiazole rings is 1. The molecule has 1 aliphatic rings. The number of piperidine rings is 1. The molecule has 0 atom stereocenters. The van der Waals surface area contributed by atoms with E-state index in [4.69, 9.17) is 0 Å². The van der Waals surface area contributed by atoms with Crippen LogP contribution in [0.5, 0.6) is 0 Å². The Morgan fingerprint density at radius 3 is 2.51 bits per heavy atom. The van der Waals surface area contributed by atoms with Crippen LogP contribution in [0.15, 0.2) is 66.9 Å². The Morgan fingerprint density at radius 2 is 1.74 bits per heavy atom. The summed E-state index contributed by atoms with van der Waals surface area (Å²) >= 11 is 1.61. The van der Waals surface area contributed by atoms with Crippen molar-refractivity contribution in [1.82, 2.24) is 30.2 Å². The minimum atomic E-state index is -1.14. The summed E-state index contributed by atoms with van der Waals surface area (Å²) in [5, 5.41) is 12.3. The molecule has 0 aliphatic carbocycles. The molecular formula is C31H26F2N6O3S. The van der Waals surface area contributed by atoms with Crippen LogP contribution in [-0.4, -0.2) is 55.6 Å². The largest absolute Gasteiger partial charge is 0.350 e. The number of benzene rings is 3. The molecule has 1 saturated heterocycles. The van der Waals surface area contributed by atoms with Crippen LogP contribution in [-0.2, 0) is 11.3 Å². The van der Waals surface area contributed by atoms with Crippen molar-refractivity contribution in [3.63, 3.8) is 0 Å². The summed E-state index contributed by atoms with van der Waals surface area (Å²) in [5.41, 5.74) is 2.63. The van der Waals surface area contributed by atoms with Gasteiger partial charge < -0.3 is 10.2 Å². The lowest BCUT2D eigenvalue weighted by Crippen LogP contribution is -2.43. The fraction of sp³-hybridized carbons (Fsp3) is 0.226. The number of carbonyl (C=O) groups excluding carboxylic acids is 3. The molecular weight excluding hydrogens is 574 g/mol. The molecule has 2 amide bonds. The molecule has 43 heavy (non-hydrogen) atoms. The van der Waals surface area contributed by atoms with E-state index in [2.05, 4.69) is 20.6 Å². The number of ketones is 1. The molecule has 1 fully saturated rings. The van der Waals surface area contributed by atoms with E-state index in [0.29, 0.717) is 31.6 Å². The second-order valence-electron chi connectivity index (χ2n) is 10.3. The van der Waals surface area contributed by atoms with Gasteiger partial charge in [0.15, 0.2) is 17.4 Å². The average molecular weight is 601 g/mol. The molecule has 218 valence electrons. The van der Waals surface area contributed by atoms with Crippen molar-refractivity contribution in [1.29, 1.82) is 0 Å².